The first-order valence-corrected chi connectivity index (χ1v) is 11.0. The van der Waals surface area contributed by atoms with E-state index in [1.54, 1.807) is 6.07 Å². The van der Waals surface area contributed by atoms with Crippen molar-refractivity contribution in [2.45, 2.75) is 25.8 Å². The zero-order chi connectivity index (χ0) is 20.7. The van der Waals surface area contributed by atoms with Crippen LogP contribution in [0.15, 0.2) is 53.7 Å². The van der Waals surface area contributed by atoms with Gasteiger partial charge in [0.1, 0.15) is 0 Å². The molecular formula is C19H26IN7O2S. The number of rotatable bonds is 8. The summed E-state index contributed by atoms with van der Waals surface area (Å²) in [6.45, 7) is 3.60. The van der Waals surface area contributed by atoms with E-state index in [1.165, 1.54) is 7.05 Å². The average molecular weight is 543 g/mol. The summed E-state index contributed by atoms with van der Waals surface area (Å²) in [7, 11) is -1.89. The topological polar surface area (TPSA) is 113 Å². The third-order valence-electron chi connectivity index (χ3n) is 4.22. The second-order valence-electron chi connectivity index (χ2n) is 6.38. The number of hydrogen-bond donors (Lipinski definition) is 3. The molecule has 0 saturated carbocycles. The van der Waals surface area contributed by atoms with Gasteiger partial charge in [0.25, 0.3) is 0 Å². The number of guanidine groups is 1. The Morgan fingerprint density at radius 3 is 2.67 bits per heavy atom. The zero-order valence-electron chi connectivity index (χ0n) is 16.9. The summed E-state index contributed by atoms with van der Waals surface area (Å²) >= 11 is 0. The number of halogens is 1. The van der Waals surface area contributed by atoms with Crippen LogP contribution < -0.4 is 15.4 Å². The monoisotopic (exact) mass is 543 g/mol. The third kappa shape index (κ3) is 6.64. The second kappa shape index (κ2) is 11.2. The van der Waals surface area contributed by atoms with E-state index in [4.69, 9.17) is 0 Å². The van der Waals surface area contributed by atoms with Crippen LogP contribution >= 0.6 is 24.0 Å². The van der Waals surface area contributed by atoms with E-state index in [-0.39, 0.29) is 29.7 Å². The van der Waals surface area contributed by atoms with Crippen molar-refractivity contribution in [1.82, 2.24) is 30.0 Å². The summed E-state index contributed by atoms with van der Waals surface area (Å²) in [5.74, 6) is 1.37. The van der Waals surface area contributed by atoms with Gasteiger partial charge in [-0.2, -0.15) is 0 Å². The molecule has 0 atom stereocenters. The van der Waals surface area contributed by atoms with E-state index >= 15 is 0 Å². The van der Waals surface area contributed by atoms with Crippen LogP contribution in [-0.4, -0.2) is 42.6 Å². The van der Waals surface area contributed by atoms with Gasteiger partial charge in [0.15, 0.2) is 17.4 Å². The van der Waals surface area contributed by atoms with Crippen LogP contribution in [0.1, 0.15) is 23.9 Å². The van der Waals surface area contributed by atoms with Crippen LogP contribution in [0.2, 0.25) is 0 Å². The molecule has 2 heterocycles. The molecule has 162 valence electrons. The molecule has 3 aromatic rings. The molecule has 0 amide bonds. The Morgan fingerprint density at radius 1 is 1.10 bits per heavy atom. The van der Waals surface area contributed by atoms with Crippen molar-refractivity contribution in [2.75, 3.05) is 13.6 Å². The van der Waals surface area contributed by atoms with E-state index in [0.717, 1.165) is 22.6 Å². The Hall–Kier alpha value is -2.25. The molecule has 0 radical (unpaired) electrons. The number of nitrogens with one attached hydrogen (secondary N) is 3. The van der Waals surface area contributed by atoms with E-state index in [1.807, 2.05) is 53.9 Å². The van der Waals surface area contributed by atoms with E-state index in [9.17, 15) is 8.42 Å². The molecule has 0 saturated heterocycles. The Labute approximate surface area is 193 Å². The zero-order valence-corrected chi connectivity index (χ0v) is 20.0. The third-order valence-corrected chi connectivity index (χ3v) is 5.56. The number of nitrogens with zero attached hydrogens (tertiary/aromatic N) is 4. The smallest absolute Gasteiger partial charge is 0.215 e. The standard InChI is InChI=1S/C19H25N7O2S.HI/c1-3-21-19(23-13-18-25-24-17-9-4-5-10-26(17)18)22-12-15-7-6-8-16(11-15)14-29(27,28)20-2;/h4-11,20H,3,12-14H2,1-2H3,(H2,21,22,23);1H. The molecule has 3 rings (SSSR count). The lowest BCUT2D eigenvalue weighted by molar-refractivity contribution is 0.587. The van der Waals surface area contributed by atoms with Gasteiger partial charge in [0, 0.05) is 12.7 Å². The number of sulfonamides is 1. The maximum Gasteiger partial charge on any atom is 0.215 e. The van der Waals surface area contributed by atoms with Crippen LogP contribution in [-0.2, 0) is 28.9 Å². The van der Waals surface area contributed by atoms with Crippen molar-refractivity contribution in [1.29, 1.82) is 0 Å². The largest absolute Gasteiger partial charge is 0.357 e. The molecule has 0 aliphatic heterocycles. The van der Waals surface area contributed by atoms with Crippen LogP contribution in [0.5, 0.6) is 0 Å². The Bertz CT molecular complexity index is 1100. The van der Waals surface area contributed by atoms with Gasteiger partial charge in [-0.05, 0) is 37.2 Å². The van der Waals surface area contributed by atoms with Crippen LogP contribution in [0.4, 0.5) is 0 Å². The average Bonchev–Trinajstić information content (AvgIpc) is 3.13. The molecule has 0 bridgehead atoms. The lowest BCUT2D eigenvalue weighted by atomic mass is 10.1. The summed E-state index contributed by atoms with van der Waals surface area (Å²) < 4.78 is 27.8. The number of aliphatic imine (C=N–C) groups is 1. The molecule has 11 heteroatoms. The van der Waals surface area contributed by atoms with Gasteiger partial charge in [-0.15, -0.1) is 34.2 Å². The first-order chi connectivity index (χ1) is 14.0. The molecule has 1 aromatic carbocycles. The predicted octanol–water partition coefficient (Wildman–Crippen LogP) is 1.65. The fraction of sp³-hybridized carbons (Fsp3) is 0.316. The van der Waals surface area contributed by atoms with Gasteiger partial charge in [0.05, 0.1) is 18.8 Å². The van der Waals surface area contributed by atoms with Crippen molar-refractivity contribution in [2.24, 2.45) is 4.99 Å². The fourth-order valence-corrected chi connectivity index (χ4v) is 3.56. The van der Waals surface area contributed by atoms with Crippen LogP contribution in [0.25, 0.3) is 5.65 Å². The molecule has 0 aliphatic carbocycles. The number of hydrogen-bond acceptors (Lipinski definition) is 5. The van der Waals surface area contributed by atoms with Crippen molar-refractivity contribution in [3.8, 4) is 0 Å². The van der Waals surface area contributed by atoms with Crippen molar-refractivity contribution in [3.63, 3.8) is 0 Å². The molecule has 0 aliphatic rings. The molecule has 2 aromatic heterocycles. The van der Waals surface area contributed by atoms with E-state index < -0.39 is 10.0 Å². The molecule has 3 N–H and O–H groups in total. The predicted molar refractivity (Wildman–Crippen MR) is 128 cm³/mol. The summed E-state index contributed by atoms with van der Waals surface area (Å²) in [5.41, 5.74) is 2.44. The molecule has 0 unspecified atom stereocenters. The van der Waals surface area contributed by atoms with Crippen molar-refractivity contribution >= 4 is 45.6 Å². The fourth-order valence-electron chi connectivity index (χ4n) is 2.80. The molecular weight excluding hydrogens is 517 g/mol. The first-order valence-electron chi connectivity index (χ1n) is 9.30. The minimum absolute atomic E-state index is 0. The number of benzene rings is 1. The van der Waals surface area contributed by atoms with Gasteiger partial charge in [-0.3, -0.25) is 4.40 Å². The minimum Gasteiger partial charge on any atom is -0.357 e. The maximum absolute atomic E-state index is 11.8. The number of aromatic nitrogens is 3. The van der Waals surface area contributed by atoms with Gasteiger partial charge >= 0.3 is 0 Å². The number of fused-ring (bicyclic) bond motifs is 1. The first kappa shape index (κ1) is 24.0. The highest BCUT2D eigenvalue weighted by atomic mass is 127. The quantitative estimate of drug-likeness (QED) is 0.226. The van der Waals surface area contributed by atoms with Crippen molar-refractivity contribution in [3.05, 3.63) is 65.6 Å². The van der Waals surface area contributed by atoms with E-state index in [0.29, 0.717) is 25.6 Å². The molecule has 0 fully saturated rings. The summed E-state index contributed by atoms with van der Waals surface area (Å²) in [4.78, 5) is 4.59. The molecule has 9 nitrogen and oxygen atoms in total. The molecule has 0 spiro atoms. The van der Waals surface area contributed by atoms with Gasteiger partial charge in [0.2, 0.25) is 10.0 Å². The van der Waals surface area contributed by atoms with Crippen molar-refractivity contribution < 1.29 is 8.42 Å². The Morgan fingerprint density at radius 2 is 1.90 bits per heavy atom. The summed E-state index contributed by atoms with van der Waals surface area (Å²) in [6.07, 6.45) is 1.92. The summed E-state index contributed by atoms with van der Waals surface area (Å²) in [6, 6.07) is 13.2. The van der Waals surface area contributed by atoms with E-state index in [2.05, 4.69) is 30.5 Å². The lowest BCUT2D eigenvalue weighted by Crippen LogP contribution is -2.37. The SMILES string of the molecule is CCNC(=NCc1cccc(CS(=O)(=O)NC)c1)NCc1nnc2ccccn12.I. The Kier molecular flexibility index (Phi) is 8.99. The Balaban J connectivity index is 0.00000320. The normalized spacial score (nSPS) is 11.9. The lowest BCUT2D eigenvalue weighted by Gasteiger charge is -2.11. The summed E-state index contributed by atoms with van der Waals surface area (Å²) in [5, 5.41) is 14.8. The second-order valence-corrected chi connectivity index (χ2v) is 8.30. The van der Waals surface area contributed by atoms with Gasteiger partial charge in [-0.25, -0.2) is 18.1 Å². The minimum atomic E-state index is -3.31. The highest BCUT2D eigenvalue weighted by Crippen LogP contribution is 2.10. The van der Waals surface area contributed by atoms with Gasteiger partial charge in [-0.1, -0.05) is 30.3 Å². The maximum atomic E-state index is 11.8. The van der Waals surface area contributed by atoms with Crippen LogP contribution in [0.3, 0.4) is 0 Å². The highest BCUT2D eigenvalue weighted by Gasteiger charge is 2.09. The number of pyridine rings is 1. The van der Waals surface area contributed by atoms with Gasteiger partial charge < -0.3 is 10.6 Å². The van der Waals surface area contributed by atoms with Crippen LogP contribution in [0, 0.1) is 0 Å². The highest BCUT2D eigenvalue weighted by molar-refractivity contribution is 14.0. The molecule has 30 heavy (non-hydrogen) atoms.